The van der Waals surface area contributed by atoms with Crippen LogP contribution in [-0.4, -0.2) is 23.1 Å². The lowest BCUT2D eigenvalue weighted by atomic mass is 10.1. The minimum Gasteiger partial charge on any atom is -0.478 e. The Hall–Kier alpha value is -2.14. The second kappa shape index (κ2) is 5.88. The molecule has 0 aliphatic carbocycles. The zero-order chi connectivity index (χ0) is 14.7. The van der Waals surface area contributed by atoms with Gasteiger partial charge in [-0.05, 0) is 25.5 Å². The van der Waals surface area contributed by atoms with Crippen molar-refractivity contribution in [2.75, 3.05) is 12.4 Å². The third kappa shape index (κ3) is 3.05. The average Bonchev–Trinajstić information content (AvgIpc) is 2.82. The summed E-state index contributed by atoms with van der Waals surface area (Å²) in [4.78, 5) is 16.3. The normalized spacial score (nSPS) is 11.4. The summed E-state index contributed by atoms with van der Waals surface area (Å²) in [6.45, 7) is 3.81. The Morgan fingerprint density at radius 2 is 2.20 bits per heavy atom. The van der Waals surface area contributed by atoms with Crippen molar-refractivity contribution < 1.29 is 9.90 Å². The van der Waals surface area contributed by atoms with Crippen LogP contribution in [0.15, 0.2) is 30.3 Å². The van der Waals surface area contributed by atoms with E-state index in [9.17, 15) is 4.79 Å². The Balaban J connectivity index is 2.58. The lowest BCUT2D eigenvalue weighted by Gasteiger charge is -2.03. The Kier molecular flexibility index (Phi) is 4.20. The first kappa shape index (κ1) is 14.3. The lowest BCUT2D eigenvalue weighted by Crippen LogP contribution is -1.90. The molecule has 1 aromatic carbocycles. The van der Waals surface area contributed by atoms with E-state index in [1.165, 1.54) is 17.4 Å². The standard InChI is InChI=1S/C15H16N2O2S/c1-9-5-4-6-11(7-9)13-14(10(2)8-12(18)19)20-15(16-3)17-13/h4-8H,1-3H3,(H,16,17)(H,18,19)/b10-8+. The summed E-state index contributed by atoms with van der Waals surface area (Å²) in [7, 11) is 1.80. The minimum atomic E-state index is -0.947. The van der Waals surface area contributed by atoms with Gasteiger partial charge in [-0.25, -0.2) is 9.78 Å². The lowest BCUT2D eigenvalue weighted by molar-refractivity contribution is -0.131. The van der Waals surface area contributed by atoms with E-state index in [1.54, 1.807) is 14.0 Å². The number of anilines is 1. The van der Waals surface area contributed by atoms with Crippen LogP contribution in [0.4, 0.5) is 5.13 Å². The van der Waals surface area contributed by atoms with Gasteiger partial charge in [0.1, 0.15) is 0 Å². The molecular formula is C15H16N2O2S. The van der Waals surface area contributed by atoms with Crippen LogP contribution in [0.2, 0.25) is 0 Å². The summed E-state index contributed by atoms with van der Waals surface area (Å²) in [5, 5.41) is 12.7. The molecule has 20 heavy (non-hydrogen) atoms. The summed E-state index contributed by atoms with van der Waals surface area (Å²) in [5.41, 5.74) is 3.66. The van der Waals surface area contributed by atoms with E-state index in [0.29, 0.717) is 5.57 Å². The van der Waals surface area contributed by atoms with Gasteiger partial charge < -0.3 is 10.4 Å². The van der Waals surface area contributed by atoms with Crippen LogP contribution >= 0.6 is 11.3 Å². The molecule has 0 radical (unpaired) electrons. The van der Waals surface area contributed by atoms with Gasteiger partial charge in [0.2, 0.25) is 0 Å². The summed E-state index contributed by atoms with van der Waals surface area (Å²) >= 11 is 1.46. The van der Waals surface area contributed by atoms with Gasteiger partial charge in [0.05, 0.1) is 10.6 Å². The Morgan fingerprint density at radius 1 is 1.45 bits per heavy atom. The number of carboxylic acids is 1. The molecule has 5 heteroatoms. The summed E-state index contributed by atoms with van der Waals surface area (Å²) < 4.78 is 0. The SMILES string of the molecule is CNc1nc(-c2cccc(C)c2)c(/C(C)=C/C(=O)O)s1. The number of aryl methyl sites for hydroxylation is 1. The number of rotatable bonds is 4. The quantitative estimate of drug-likeness (QED) is 0.843. The highest BCUT2D eigenvalue weighted by atomic mass is 32.1. The number of benzene rings is 1. The maximum Gasteiger partial charge on any atom is 0.328 e. The van der Waals surface area contributed by atoms with Crippen molar-refractivity contribution in [2.45, 2.75) is 13.8 Å². The highest BCUT2D eigenvalue weighted by molar-refractivity contribution is 7.17. The van der Waals surface area contributed by atoms with Gasteiger partial charge >= 0.3 is 5.97 Å². The topological polar surface area (TPSA) is 62.2 Å². The number of aliphatic carboxylic acids is 1. The first-order valence-electron chi connectivity index (χ1n) is 6.18. The van der Waals surface area contributed by atoms with Crippen molar-refractivity contribution in [1.82, 2.24) is 4.98 Å². The number of carbonyl (C=O) groups is 1. The Bertz CT molecular complexity index is 674. The highest BCUT2D eigenvalue weighted by Gasteiger charge is 2.14. The predicted molar refractivity (Wildman–Crippen MR) is 83.1 cm³/mol. The molecular weight excluding hydrogens is 272 g/mol. The molecule has 1 heterocycles. The van der Waals surface area contributed by atoms with Crippen LogP contribution in [-0.2, 0) is 4.79 Å². The maximum absolute atomic E-state index is 10.9. The molecule has 0 saturated heterocycles. The molecule has 0 atom stereocenters. The minimum absolute atomic E-state index is 0.702. The van der Waals surface area contributed by atoms with Gasteiger partial charge in [-0.15, -0.1) is 0 Å². The number of carboxylic acid groups (broad SMARTS) is 1. The molecule has 0 unspecified atom stereocenters. The molecule has 0 amide bonds. The first-order valence-corrected chi connectivity index (χ1v) is 7.00. The molecule has 0 spiro atoms. The smallest absolute Gasteiger partial charge is 0.328 e. The van der Waals surface area contributed by atoms with E-state index in [-0.39, 0.29) is 0 Å². The predicted octanol–water partition coefficient (Wildman–Crippen LogP) is 3.65. The van der Waals surface area contributed by atoms with Crippen molar-refractivity contribution in [3.05, 3.63) is 40.8 Å². The molecule has 0 saturated carbocycles. The van der Waals surface area contributed by atoms with Crippen LogP contribution in [0.3, 0.4) is 0 Å². The zero-order valence-electron chi connectivity index (χ0n) is 11.6. The Labute approximate surface area is 121 Å². The van der Waals surface area contributed by atoms with E-state index in [0.717, 1.165) is 26.8 Å². The largest absolute Gasteiger partial charge is 0.478 e. The van der Waals surface area contributed by atoms with Crippen molar-refractivity contribution in [2.24, 2.45) is 0 Å². The molecule has 1 aromatic heterocycles. The van der Waals surface area contributed by atoms with Gasteiger partial charge in [-0.2, -0.15) is 0 Å². The molecule has 104 valence electrons. The van der Waals surface area contributed by atoms with Crippen LogP contribution in [0, 0.1) is 6.92 Å². The zero-order valence-corrected chi connectivity index (χ0v) is 12.4. The van der Waals surface area contributed by atoms with Gasteiger partial charge in [-0.1, -0.05) is 35.1 Å². The highest BCUT2D eigenvalue weighted by Crippen LogP contribution is 2.35. The number of hydrogen-bond acceptors (Lipinski definition) is 4. The van der Waals surface area contributed by atoms with Crippen molar-refractivity contribution >= 4 is 28.0 Å². The Morgan fingerprint density at radius 3 is 2.80 bits per heavy atom. The number of allylic oxidation sites excluding steroid dienone is 1. The van der Waals surface area contributed by atoms with Crippen LogP contribution in [0.5, 0.6) is 0 Å². The van der Waals surface area contributed by atoms with E-state index >= 15 is 0 Å². The first-order chi connectivity index (χ1) is 9.51. The number of hydrogen-bond donors (Lipinski definition) is 2. The molecule has 0 aliphatic rings. The number of aromatic nitrogens is 1. The molecule has 0 fully saturated rings. The maximum atomic E-state index is 10.9. The van der Waals surface area contributed by atoms with Crippen LogP contribution in [0.25, 0.3) is 16.8 Å². The van der Waals surface area contributed by atoms with Gasteiger partial charge in [-0.3, -0.25) is 0 Å². The monoisotopic (exact) mass is 288 g/mol. The van der Waals surface area contributed by atoms with E-state index < -0.39 is 5.97 Å². The fourth-order valence-corrected chi connectivity index (χ4v) is 2.85. The van der Waals surface area contributed by atoms with Gasteiger partial charge in [0.15, 0.2) is 5.13 Å². The molecule has 2 aromatic rings. The fourth-order valence-electron chi connectivity index (χ4n) is 1.93. The molecule has 4 nitrogen and oxygen atoms in total. The van der Waals surface area contributed by atoms with Crippen LogP contribution < -0.4 is 5.32 Å². The van der Waals surface area contributed by atoms with E-state index in [2.05, 4.69) is 10.3 Å². The van der Waals surface area contributed by atoms with Gasteiger partial charge in [0.25, 0.3) is 0 Å². The van der Waals surface area contributed by atoms with E-state index in [1.807, 2.05) is 31.2 Å². The van der Waals surface area contributed by atoms with Gasteiger partial charge in [0, 0.05) is 18.7 Å². The number of nitrogens with zero attached hydrogens (tertiary/aromatic N) is 1. The van der Waals surface area contributed by atoms with Crippen molar-refractivity contribution in [3.8, 4) is 11.3 Å². The fraction of sp³-hybridized carbons (Fsp3) is 0.200. The molecule has 2 rings (SSSR count). The molecule has 2 N–H and O–H groups in total. The number of nitrogens with one attached hydrogen (secondary N) is 1. The van der Waals surface area contributed by atoms with Crippen molar-refractivity contribution in [1.29, 1.82) is 0 Å². The van der Waals surface area contributed by atoms with E-state index in [4.69, 9.17) is 5.11 Å². The summed E-state index contributed by atoms with van der Waals surface area (Å²) in [6.07, 6.45) is 1.21. The molecule has 0 aliphatic heterocycles. The number of thiazole rings is 1. The second-order valence-electron chi connectivity index (χ2n) is 4.48. The van der Waals surface area contributed by atoms with Crippen molar-refractivity contribution in [3.63, 3.8) is 0 Å². The summed E-state index contributed by atoms with van der Waals surface area (Å²) in [6, 6.07) is 8.03. The molecule has 0 bridgehead atoms. The average molecular weight is 288 g/mol. The second-order valence-corrected chi connectivity index (χ2v) is 5.48. The third-order valence-electron chi connectivity index (χ3n) is 2.83. The van der Waals surface area contributed by atoms with Crippen LogP contribution in [0.1, 0.15) is 17.4 Å². The third-order valence-corrected chi connectivity index (χ3v) is 4.04. The summed E-state index contributed by atoms with van der Waals surface area (Å²) in [5.74, 6) is -0.947.